The van der Waals surface area contributed by atoms with Crippen molar-refractivity contribution in [3.63, 3.8) is 0 Å². The Morgan fingerprint density at radius 2 is 0.857 bits per heavy atom. The number of hydrogen-bond acceptors (Lipinski definition) is 1. The molecule has 0 unspecified atom stereocenters. The fourth-order valence-corrected chi connectivity index (χ4v) is 10.2. The summed E-state index contributed by atoms with van der Waals surface area (Å²) in [4.78, 5) is 2.57. The second kappa shape index (κ2) is 12.4. The number of anilines is 3. The van der Waals surface area contributed by atoms with Gasteiger partial charge in [-0.25, -0.2) is 0 Å². The van der Waals surface area contributed by atoms with Gasteiger partial charge in [0.15, 0.2) is 0 Å². The van der Waals surface area contributed by atoms with Gasteiger partial charge >= 0.3 is 0 Å². The molecular formula is C55H47N. The second-order valence-electron chi connectivity index (χ2n) is 17.1. The SMILES string of the molecule is Cc1cccc(C)c1-c1cc(-c2cccc3ccccc23)cc(C)c1N(c1ccc2c(c1)C(C)(C)c1ccccc1-2)c1ccc2c(c1)C(C)(C)c1ccccc1-2. The average molecular weight is 722 g/mol. The monoisotopic (exact) mass is 721 g/mol. The van der Waals surface area contributed by atoms with Gasteiger partial charge in [0, 0.05) is 27.8 Å². The number of hydrogen-bond donors (Lipinski definition) is 0. The average Bonchev–Trinajstić information content (AvgIpc) is 3.57. The molecule has 1 heteroatoms. The molecule has 0 amide bonds. The zero-order chi connectivity index (χ0) is 38.5. The van der Waals surface area contributed by atoms with E-state index in [-0.39, 0.29) is 10.8 Å². The van der Waals surface area contributed by atoms with Crippen LogP contribution in [0.3, 0.4) is 0 Å². The molecule has 0 N–H and O–H groups in total. The minimum Gasteiger partial charge on any atom is -0.310 e. The Morgan fingerprint density at radius 1 is 0.375 bits per heavy atom. The summed E-state index contributed by atoms with van der Waals surface area (Å²) >= 11 is 0. The van der Waals surface area contributed by atoms with Crippen LogP contribution in [0.4, 0.5) is 17.1 Å². The molecule has 0 radical (unpaired) electrons. The van der Waals surface area contributed by atoms with Crippen molar-refractivity contribution in [3.05, 3.63) is 197 Å². The topological polar surface area (TPSA) is 3.24 Å². The Morgan fingerprint density at radius 3 is 1.46 bits per heavy atom. The largest absolute Gasteiger partial charge is 0.310 e. The highest BCUT2D eigenvalue weighted by atomic mass is 15.1. The lowest BCUT2D eigenvalue weighted by Crippen LogP contribution is -2.19. The van der Waals surface area contributed by atoms with Gasteiger partial charge in [-0.2, -0.15) is 0 Å². The Labute approximate surface area is 331 Å². The van der Waals surface area contributed by atoms with Crippen LogP contribution in [0, 0.1) is 20.8 Å². The van der Waals surface area contributed by atoms with Gasteiger partial charge in [-0.3, -0.25) is 0 Å². The van der Waals surface area contributed by atoms with Crippen LogP contribution < -0.4 is 4.90 Å². The van der Waals surface area contributed by atoms with E-state index in [1.807, 2.05) is 0 Å². The summed E-state index contributed by atoms with van der Waals surface area (Å²) < 4.78 is 0. The van der Waals surface area contributed by atoms with Gasteiger partial charge in [0.2, 0.25) is 0 Å². The third kappa shape index (κ3) is 5.00. The van der Waals surface area contributed by atoms with E-state index < -0.39 is 0 Å². The molecule has 0 aromatic heterocycles. The number of rotatable bonds is 5. The molecule has 0 fully saturated rings. The molecule has 10 rings (SSSR count). The molecular weight excluding hydrogens is 675 g/mol. The lowest BCUT2D eigenvalue weighted by atomic mass is 9.82. The maximum absolute atomic E-state index is 2.57. The van der Waals surface area contributed by atoms with Crippen LogP contribution in [0.1, 0.15) is 66.6 Å². The zero-order valence-electron chi connectivity index (χ0n) is 33.5. The molecule has 272 valence electrons. The molecule has 0 aliphatic heterocycles. The van der Waals surface area contributed by atoms with Crippen molar-refractivity contribution in [3.8, 4) is 44.5 Å². The predicted octanol–water partition coefficient (Wildman–Crippen LogP) is 15.2. The van der Waals surface area contributed by atoms with Crippen LogP contribution in [0.15, 0.2) is 158 Å². The fourth-order valence-electron chi connectivity index (χ4n) is 10.2. The van der Waals surface area contributed by atoms with Crippen LogP contribution >= 0.6 is 0 Å². The number of nitrogens with zero attached hydrogens (tertiary/aromatic N) is 1. The molecule has 0 atom stereocenters. The summed E-state index contributed by atoms with van der Waals surface area (Å²) in [5.41, 5.74) is 23.0. The van der Waals surface area contributed by atoms with Crippen LogP contribution in [0.2, 0.25) is 0 Å². The van der Waals surface area contributed by atoms with Gasteiger partial charge in [0.1, 0.15) is 0 Å². The summed E-state index contributed by atoms with van der Waals surface area (Å²) in [6.45, 7) is 16.4. The van der Waals surface area contributed by atoms with Crippen LogP contribution in [-0.4, -0.2) is 0 Å². The summed E-state index contributed by atoms with van der Waals surface area (Å²) in [5.74, 6) is 0. The van der Waals surface area contributed by atoms with Crippen molar-refractivity contribution >= 4 is 27.8 Å². The van der Waals surface area contributed by atoms with Gasteiger partial charge in [-0.05, 0) is 146 Å². The van der Waals surface area contributed by atoms with Crippen molar-refractivity contribution in [2.24, 2.45) is 0 Å². The zero-order valence-corrected chi connectivity index (χ0v) is 33.5. The first kappa shape index (κ1) is 34.3. The minimum atomic E-state index is -0.127. The molecule has 2 aliphatic carbocycles. The van der Waals surface area contributed by atoms with Crippen LogP contribution in [0.5, 0.6) is 0 Å². The van der Waals surface area contributed by atoms with Gasteiger partial charge in [0.25, 0.3) is 0 Å². The smallest absolute Gasteiger partial charge is 0.0569 e. The molecule has 0 bridgehead atoms. The summed E-state index contributed by atoms with van der Waals surface area (Å²) in [6.07, 6.45) is 0. The molecule has 2 aliphatic rings. The number of aryl methyl sites for hydroxylation is 3. The third-order valence-corrected chi connectivity index (χ3v) is 13.0. The highest BCUT2D eigenvalue weighted by Crippen LogP contribution is 2.55. The van der Waals surface area contributed by atoms with E-state index in [1.165, 1.54) is 111 Å². The molecule has 0 saturated carbocycles. The molecule has 56 heavy (non-hydrogen) atoms. The molecule has 8 aromatic carbocycles. The first-order valence-electron chi connectivity index (χ1n) is 20.0. The van der Waals surface area contributed by atoms with Crippen molar-refractivity contribution in [2.45, 2.75) is 59.3 Å². The first-order valence-corrected chi connectivity index (χ1v) is 20.0. The van der Waals surface area contributed by atoms with E-state index in [4.69, 9.17) is 0 Å². The van der Waals surface area contributed by atoms with Crippen molar-refractivity contribution in [2.75, 3.05) is 4.90 Å². The summed E-state index contributed by atoms with van der Waals surface area (Å²) in [6, 6.07) is 59.4. The van der Waals surface area contributed by atoms with Crippen molar-refractivity contribution in [1.29, 1.82) is 0 Å². The van der Waals surface area contributed by atoms with E-state index in [9.17, 15) is 0 Å². The second-order valence-corrected chi connectivity index (χ2v) is 17.1. The first-order chi connectivity index (χ1) is 27.0. The summed E-state index contributed by atoms with van der Waals surface area (Å²) in [7, 11) is 0. The molecule has 0 heterocycles. The van der Waals surface area contributed by atoms with Gasteiger partial charge < -0.3 is 4.90 Å². The number of fused-ring (bicyclic) bond motifs is 7. The van der Waals surface area contributed by atoms with Gasteiger partial charge in [-0.1, -0.05) is 149 Å². The molecule has 0 saturated heterocycles. The van der Waals surface area contributed by atoms with E-state index in [0.717, 1.165) is 0 Å². The molecule has 8 aromatic rings. The summed E-state index contributed by atoms with van der Waals surface area (Å²) in [5, 5.41) is 2.53. The van der Waals surface area contributed by atoms with E-state index >= 15 is 0 Å². The van der Waals surface area contributed by atoms with Gasteiger partial charge in [-0.15, -0.1) is 0 Å². The predicted molar refractivity (Wildman–Crippen MR) is 239 cm³/mol. The van der Waals surface area contributed by atoms with E-state index in [1.54, 1.807) is 0 Å². The lowest BCUT2D eigenvalue weighted by Gasteiger charge is -2.33. The highest BCUT2D eigenvalue weighted by molar-refractivity contribution is 6.01. The maximum atomic E-state index is 2.57. The normalized spacial score (nSPS) is 14.3. The Bertz CT molecular complexity index is 2770. The Kier molecular flexibility index (Phi) is 7.61. The van der Waals surface area contributed by atoms with Crippen LogP contribution in [-0.2, 0) is 10.8 Å². The third-order valence-electron chi connectivity index (χ3n) is 13.0. The fraction of sp³-hybridized carbons (Fsp3) is 0.164. The molecule has 1 nitrogen and oxygen atoms in total. The number of benzene rings is 8. The Hall–Kier alpha value is -6.18. The van der Waals surface area contributed by atoms with Crippen molar-refractivity contribution in [1.82, 2.24) is 0 Å². The Balaban J connectivity index is 1.28. The maximum Gasteiger partial charge on any atom is 0.0569 e. The van der Waals surface area contributed by atoms with E-state index in [0.29, 0.717) is 0 Å². The molecule has 0 spiro atoms. The van der Waals surface area contributed by atoms with Gasteiger partial charge in [0.05, 0.1) is 5.69 Å². The highest BCUT2D eigenvalue weighted by Gasteiger charge is 2.38. The minimum absolute atomic E-state index is 0.127. The van der Waals surface area contributed by atoms with Crippen molar-refractivity contribution < 1.29 is 0 Å². The standard InChI is InChI=1S/C55H47N/c1-34-16-14-17-35(2)52(34)47-31-38(42-23-15-19-37-18-8-9-20-41(37)42)30-36(3)53(47)56(39-26-28-45-43-21-10-12-24-48(43)54(4,5)50(45)32-39)40-27-29-46-44-22-11-13-25-49(44)55(6,7)51(46)33-40/h8-33H,1-7H3. The van der Waals surface area contributed by atoms with E-state index in [2.05, 4.69) is 211 Å². The van der Waals surface area contributed by atoms with Crippen LogP contribution in [0.25, 0.3) is 55.3 Å². The quantitative estimate of drug-likeness (QED) is 0.171. The lowest BCUT2D eigenvalue weighted by molar-refractivity contribution is 0.660.